The zero-order chi connectivity index (χ0) is 12.6. The molecule has 2 aliphatic rings. The Bertz CT molecular complexity index is 428. The lowest BCUT2D eigenvalue weighted by Gasteiger charge is -2.36. The summed E-state index contributed by atoms with van der Waals surface area (Å²) in [7, 11) is 0. The van der Waals surface area contributed by atoms with E-state index in [1.807, 2.05) is 13.0 Å². The molecule has 1 aliphatic carbocycles. The number of ether oxygens (including phenoxy) is 2. The van der Waals surface area contributed by atoms with E-state index in [1.54, 1.807) is 12.1 Å². The molecule has 0 atom stereocenters. The summed E-state index contributed by atoms with van der Waals surface area (Å²) in [6.45, 7) is 3.44. The van der Waals surface area contributed by atoms with Gasteiger partial charge in [-0.3, -0.25) is 0 Å². The number of aryl methyl sites for hydroxylation is 1. The van der Waals surface area contributed by atoms with Crippen molar-refractivity contribution in [3.05, 3.63) is 35.1 Å². The fourth-order valence-corrected chi connectivity index (χ4v) is 3.25. The number of hydrogen-bond acceptors (Lipinski definition) is 2. The molecule has 1 heterocycles. The van der Waals surface area contributed by atoms with Gasteiger partial charge in [0.15, 0.2) is 5.79 Å². The van der Waals surface area contributed by atoms with Crippen molar-refractivity contribution >= 4 is 0 Å². The van der Waals surface area contributed by atoms with E-state index in [1.165, 1.54) is 5.56 Å². The van der Waals surface area contributed by atoms with E-state index >= 15 is 0 Å². The van der Waals surface area contributed by atoms with Crippen LogP contribution >= 0.6 is 0 Å². The van der Waals surface area contributed by atoms with Crippen molar-refractivity contribution in [2.24, 2.45) is 0 Å². The van der Waals surface area contributed by atoms with Crippen molar-refractivity contribution in [3.63, 3.8) is 0 Å². The van der Waals surface area contributed by atoms with Crippen LogP contribution in [0.4, 0.5) is 4.39 Å². The number of hydrogen-bond donors (Lipinski definition) is 0. The lowest BCUT2D eigenvalue weighted by atomic mass is 9.79. The van der Waals surface area contributed by atoms with Crippen LogP contribution in [0.1, 0.15) is 42.7 Å². The molecule has 0 aromatic heterocycles. The molecular formula is C15H19FO2. The summed E-state index contributed by atoms with van der Waals surface area (Å²) in [5.41, 5.74) is 2.34. The van der Waals surface area contributed by atoms with Gasteiger partial charge in [0.25, 0.3) is 0 Å². The van der Waals surface area contributed by atoms with E-state index in [0.717, 1.165) is 44.5 Å². The van der Waals surface area contributed by atoms with E-state index in [9.17, 15) is 4.39 Å². The summed E-state index contributed by atoms with van der Waals surface area (Å²) in [4.78, 5) is 0. The molecule has 0 amide bonds. The van der Waals surface area contributed by atoms with Crippen LogP contribution in [0.25, 0.3) is 0 Å². The van der Waals surface area contributed by atoms with Gasteiger partial charge >= 0.3 is 0 Å². The largest absolute Gasteiger partial charge is 0.348 e. The van der Waals surface area contributed by atoms with Crippen molar-refractivity contribution in [2.45, 2.75) is 44.3 Å². The van der Waals surface area contributed by atoms with Crippen LogP contribution in [0.3, 0.4) is 0 Å². The van der Waals surface area contributed by atoms with E-state index in [2.05, 4.69) is 0 Å². The van der Waals surface area contributed by atoms with Gasteiger partial charge in [0.05, 0.1) is 13.2 Å². The van der Waals surface area contributed by atoms with Crippen molar-refractivity contribution < 1.29 is 13.9 Å². The molecule has 0 N–H and O–H groups in total. The summed E-state index contributed by atoms with van der Waals surface area (Å²) in [6.07, 6.45) is 4.03. The highest BCUT2D eigenvalue weighted by Gasteiger charge is 2.40. The Labute approximate surface area is 107 Å². The van der Waals surface area contributed by atoms with Gasteiger partial charge in [0.2, 0.25) is 0 Å². The lowest BCUT2D eigenvalue weighted by Crippen LogP contribution is -2.34. The molecule has 3 heteroatoms. The fourth-order valence-electron chi connectivity index (χ4n) is 3.25. The second kappa shape index (κ2) is 4.63. The Kier molecular flexibility index (Phi) is 3.12. The van der Waals surface area contributed by atoms with Gasteiger partial charge in [-0.2, -0.15) is 0 Å². The first-order valence-corrected chi connectivity index (χ1v) is 6.72. The molecule has 0 unspecified atom stereocenters. The molecule has 1 spiro atoms. The monoisotopic (exact) mass is 250 g/mol. The molecule has 1 saturated carbocycles. The molecular weight excluding hydrogens is 231 g/mol. The highest BCUT2D eigenvalue weighted by molar-refractivity contribution is 5.30. The maximum Gasteiger partial charge on any atom is 0.168 e. The highest BCUT2D eigenvalue weighted by Crippen LogP contribution is 2.42. The number of benzene rings is 1. The molecule has 1 aromatic rings. The second-order valence-corrected chi connectivity index (χ2v) is 5.38. The van der Waals surface area contributed by atoms with Gasteiger partial charge in [-0.15, -0.1) is 0 Å². The summed E-state index contributed by atoms with van der Waals surface area (Å²) >= 11 is 0. The summed E-state index contributed by atoms with van der Waals surface area (Å²) in [5, 5.41) is 0. The van der Waals surface area contributed by atoms with Crippen LogP contribution in [-0.4, -0.2) is 19.0 Å². The van der Waals surface area contributed by atoms with Gasteiger partial charge < -0.3 is 9.47 Å². The smallest absolute Gasteiger partial charge is 0.168 e. The predicted molar refractivity (Wildman–Crippen MR) is 67.0 cm³/mol. The molecule has 18 heavy (non-hydrogen) atoms. The SMILES string of the molecule is Cc1cc(F)ccc1C1CCC2(CC1)OCCO2. The average molecular weight is 250 g/mol. The van der Waals surface area contributed by atoms with Crippen LogP contribution in [0.15, 0.2) is 18.2 Å². The Hall–Kier alpha value is -0.930. The van der Waals surface area contributed by atoms with Gasteiger partial charge in [-0.25, -0.2) is 4.39 Å². The Balaban J connectivity index is 1.72. The Morgan fingerprint density at radius 3 is 2.44 bits per heavy atom. The first kappa shape index (κ1) is 12.1. The molecule has 3 rings (SSSR count). The lowest BCUT2D eigenvalue weighted by molar-refractivity contribution is -0.178. The van der Waals surface area contributed by atoms with Gasteiger partial charge in [0.1, 0.15) is 5.82 Å². The second-order valence-electron chi connectivity index (χ2n) is 5.38. The molecule has 2 nitrogen and oxygen atoms in total. The van der Waals surface area contributed by atoms with Gasteiger partial charge in [0, 0.05) is 12.8 Å². The zero-order valence-electron chi connectivity index (χ0n) is 10.7. The Morgan fingerprint density at radius 2 is 1.83 bits per heavy atom. The number of rotatable bonds is 1. The summed E-state index contributed by atoms with van der Waals surface area (Å²) in [5.74, 6) is 0.0692. The third-order valence-corrected chi connectivity index (χ3v) is 4.23. The van der Waals surface area contributed by atoms with Gasteiger partial charge in [-0.1, -0.05) is 6.07 Å². The van der Waals surface area contributed by atoms with E-state index in [-0.39, 0.29) is 11.6 Å². The third-order valence-electron chi connectivity index (χ3n) is 4.23. The first-order valence-electron chi connectivity index (χ1n) is 6.72. The van der Waals surface area contributed by atoms with Crippen molar-refractivity contribution in [2.75, 3.05) is 13.2 Å². The first-order chi connectivity index (χ1) is 8.69. The number of halogens is 1. The topological polar surface area (TPSA) is 18.5 Å². The van der Waals surface area contributed by atoms with Crippen molar-refractivity contribution in [1.29, 1.82) is 0 Å². The predicted octanol–water partition coefficient (Wildman–Crippen LogP) is 3.53. The minimum atomic E-state index is -0.301. The molecule has 1 aromatic carbocycles. The van der Waals surface area contributed by atoms with Crippen LogP contribution in [-0.2, 0) is 9.47 Å². The zero-order valence-corrected chi connectivity index (χ0v) is 10.7. The summed E-state index contributed by atoms with van der Waals surface area (Å²) < 4.78 is 24.6. The molecule has 98 valence electrons. The molecule has 0 bridgehead atoms. The van der Waals surface area contributed by atoms with Crippen molar-refractivity contribution in [3.8, 4) is 0 Å². The Morgan fingerprint density at radius 1 is 1.17 bits per heavy atom. The van der Waals surface area contributed by atoms with Gasteiger partial charge in [-0.05, 0) is 48.9 Å². The molecule has 1 aliphatic heterocycles. The van der Waals surface area contributed by atoms with E-state index in [0.29, 0.717) is 5.92 Å². The quantitative estimate of drug-likeness (QED) is 0.759. The molecule has 1 saturated heterocycles. The molecule has 0 radical (unpaired) electrons. The van der Waals surface area contributed by atoms with Crippen LogP contribution in [0.2, 0.25) is 0 Å². The van der Waals surface area contributed by atoms with Crippen LogP contribution < -0.4 is 0 Å². The summed E-state index contributed by atoms with van der Waals surface area (Å²) in [6, 6.07) is 5.13. The van der Waals surface area contributed by atoms with Crippen LogP contribution in [0, 0.1) is 12.7 Å². The van der Waals surface area contributed by atoms with E-state index < -0.39 is 0 Å². The normalized spacial score (nSPS) is 23.7. The standard InChI is InChI=1S/C15H19FO2/c1-11-10-13(16)2-3-14(11)12-4-6-15(7-5-12)17-8-9-18-15/h2-3,10,12H,4-9H2,1H3. The van der Waals surface area contributed by atoms with Crippen LogP contribution in [0.5, 0.6) is 0 Å². The fraction of sp³-hybridized carbons (Fsp3) is 0.600. The maximum atomic E-state index is 13.1. The third kappa shape index (κ3) is 2.17. The maximum absolute atomic E-state index is 13.1. The van der Waals surface area contributed by atoms with E-state index in [4.69, 9.17) is 9.47 Å². The highest BCUT2D eigenvalue weighted by atomic mass is 19.1. The van der Waals surface area contributed by atoms with Crippen molar-refractivity contribution in [1.82, 2.24) is 0 Å². The minimum Gasteiger partial charge on any atom is -0.348 e. The molecule has 2 fully saturated rings. The average Bonchev–Trinajstić information content (AvgIpc) is 2.80. The minimum absolute atomic E-state index is 0.147.